The third kappa shape index (κ3) is 4.31. The lowest BCUT2D eigenvalue weighted by molar-refractivity contribution is -0.137. The van der Waals surface area contributed by atoms with Crippen LogP contribution in [0.4, 0.5) is 24.8 Å². The number of aromatic carboxylic acids is 1. The van der Waals surface area contributed by atoms with Crippen LogP contribution in [0.1, 0.15) is 44.0 Å². The molecule has 0 bridgehead atoms. The minimum atomic E-state index is -4.49. The fourth-order valence-corrected chi connectivity index (χ4v) is 5.36. The van der Waals surface area contributed by atoms with Crippen LogP contribution in [0.15, 0.2) is 54.9 Å². The van der Waals surface area contributed by atoms with Crippen molar-refractivity contribution in [3.8, 4) is 10.6 Å². The summed E-state index contributed by atoms with van der Waals surface area (Å²) in [5.41, 5.74) is 0.373. The third-order valence-electron chi connectivity index (χ3n) is 6.01. The molecule has 1 atom stereocenters. The summed E-state index contributed by atoms with van der Waals surface area (Å²) >= 11 is 1.23. The highest BCUT2D eigenvalue weighted by Gasteiger charge is 2.42. The van der Waals surface area contributed by atoms with E-state index in [0.29, 0.717) is 45.4 Å². The molecular formula is C25H19F3N4O3S. The van der Waals surface area contributed by atoms with Gasteiger partial charge in [-0.1, -0.05) is 12.1 Å². The van der Waals surface area contributed by atoms with Gasteiger partial charge in [-0.05, 0) is 66.8 Å². The zero-order chi connectivity index (χ0) is 25.7. The number of nitrogens with one attached hydrogen (secondary N) is 1. The molecule has 0 saturated heterocycles. The largest absolute Gasteiger partial charge is 0.478 e. The Morgan fingerprint density at radius 1 is 1.14 bits per heavy atom. The summed E-state index contributed by atoms with van der Waals surface area (Å²) in [5.74, 6) is -0.733. The van der Waals surface area contributed by atoms with Crippen molar-refractivity contribution in [2.45, 2.75) is 31.5 Å². The van der Waals surface area contributed by atoms with Gasteiger partial charge < -0.3 is 15.5 Å². The molecule has 3 aromatic heterocycles. The number of carboxylic acids is 1. The summed E-state index contributed by atoms with van der Waals surface area (Å²) in [7, 11) is 0. The molecule has 0 fully saturated rings. The Bertz CT molecular complexity index is 1490. The number of fused-ring (bicyclic) bond motifs is 1. The minimum absolute atomic E-state index is 0.00461. The Kier molecular flexibility index (Phi) is 5.76. The zero-order valence-corrected chi connectivity index (χ0v) is 19.6. The Labute approximate surface area is 207 Å². The van der Waals surface area contributed by atoms with E-state index in [2.05, 4.69) is 20.3 Å². The van der Waals surface area contributed by atoms with Crippen molar-refractivity contribution in [1.82, 2.24) is 15.0 Å². The second-order valence-corrected chi connectivity index (χ2v) is 9.52. The molecule has 0 unspecified atom stereocenters. The molecule has 0 saturated carbocycles. The molecular weight excluding hydrogens is 493 g/mol. The average molecular weight is 513 g/mol. The maximum Gasteiger partial charge on any atom is 0.416 e. The van der Waals surface area contributed by atoms with E-state index in [-0.39, 0.29) is 11.4 Å². The van der Waals surface area contributed by atoms with E-state index in [1.165, 1.54) is 17.4 Å². The second-order valence-electron chi connectivity index (χ2n) is 8.49. The Balaban J connectivity index is 1.46. The number of aliphatic hydroxyl groups is 1. The fourth-order valence-electron chi connectivity index (χ4n) is 4.35. The molecule has 0 aliphatic heterocycles. The first kappa shape index (κ1) is 23.9. The van der Waals surface area contributed by atoms with Gasteiger partial charge >= 0.3 is 12.1 Å². The first-order valence-electron chi connectivity index (χ1n) is 10.9. The fraction of sp³-hybridized carbons (Fsp3) is 0.200. The number of carbonyl (C=O) groups is 1. The van der Waals surface area contributed by atoms with Crippen molar-refractivity contribution >= 4 is 28.9 Å². The van der Waals surface area contributed by atoms with Gasteiger partial charge in [0.25, 0.3) is 0 Å². The number of halogens is 3. The van der Waals surface area contributed by atoms with Crippen molar-refractivity contribution in [2.24, 2.45) is 0 Å². The predicted octanol–water partition coefficient (Wildman–Crippen LogP) is 5.55. The molecule has 0 radical (unpaired) electrons. The van der Waals surface area contributed by atoms with E-state index >= 15 is 0 Å². The van der Waals surface area contributed by atoms with Crippen LogP contribution in [0.2, 0.25) is 0 Å². The Hall–Kier alpha value is -3.83. The van der Waals surface area contributed by atoms with Gasteiger partial charge in [0.15, 0.2) is 0 Å². The Morgan fingerprint density at radius 2 is 1.94 bits per heavy atom. The number of aromatic nitrogens is 3. The van der Waals surface area contributed by atoms with Crippen LogP contribution in [0.3, 0.4) is 0 Å². The first-order valence-corrected chi connectivity index (χ1v) is 11.7. The van der Waals surface area contributed by atoms with Crippen LogP contribution in [0, 0.1) is 6.92 Å². The summed E-state index contributed by atoms with van der Waals surface area (Å²) in [6.45, 7) is 1.83. The number of hydrogen-bond donors (Lipinski definition) is 3. The number of benzene rings is 1. The van der Waals surface area contributed by atoms with Crippen LogP contribution in [0.25, 0.3) is 10.6 Å². The van der Waals surface area contributed by atoms with Gasteiger partial charge in [-0.25, -0.2) is 19.7 Å². The van der Waals surface area contributed by atoms with Gasteiger partial charge in [0.1, 0.15) is 22.2 Å². The molecule has 11 heteroatoms. The minimum Gasteiger partial charge on any atom is -0.478 e. The molecule has 5 rings (SSSR count). The number of alkyl halides is 3. The van der Waals surface area contributed by atoms with Gasteiger partial charge in [-0.2, -0.15) is 13.2 Å². The van der Waals surface area contributed by atoms with E-state index < -0.39 is 23.3 Å². The van der Waals surface area contributed by atoms with E-state index in [0.717, 1.165) is 23.9 Å². The highest BCUT2D eigenvalue weighted by molar-refractivity contribution is 7.15. The average Bonchev–Trinajstić information content (AvgIpc) is 3.45. The van der Waals surface area contributed by atoms with Crippen molar-refractivity contribution in [3.05, 3.63) is 87.7 Å². The molecule has 3 heterocycles. The van der Waals surface area contributed by atoms with Crippen molar-refractivity contribution in [1.29, 1.82) is 0 Å². The van der Waals surface area contributed by atoms with E-state index in [4.69, 9.17) is 0 Å². The van der Waals surface area contributed by atoms with Crippen molar-refractivity contribution in [3.63, 3.8) is 0 Å². The topological polar surface area (TPSA) is 108 Å². The van der Waals surface area contributed by atoms with E-state index in [1.807, 2.05) is 6.92 Å². The number of thiazole rings is 1. The van der Waals surface area contributed by atoms with E-state index in [9.17, 15) is 28.2 Å². The highest BCUT2D eigenvalue weighted by atomic mass is 32.1. The number of rotatable bonds is 5. The molecule has 36 heavy (non-hydrogen) atoms. The molecule has 0 amide bonds. The van der Waals surface area contributed by atoms with Gasteiger partial charge in [0.2, 0.25) is 0 Å². The number of nitrogens with zero attached hydrogens (tertiary/aromatic N) is 3. The molecule has 1 aromatic carbocycles. The number of pyridine rings is 2. The van der Waals surface area contributed by atoms with Crippen LogP contribution in [0.5, 0.6) is 0 Å². The predicted molar refractivity (Wildman–Crippen MR) is 127 cm³/mol. The monoisotopic (exact) mass is 512 g/mol. The summed E-state index contributed by atoms with van der Waals surface area (Å²) in [6, 6.07) is 10.1. The standard InChI is InChI=1S/C25H19F3N4O3S/c1-13-9-18(31-21(10-13)32-20-11-14(6-8-29-20)25(26,27)28)19-12-30-23(36-19)24(35)7-5-15-16(22(33)34)3-2-4-17(15)24/h2-4,6,8-12,35H,5,7H2,1H3,(H,33,34)(H,29,31,32)/t24-/m1/s1. The molecule has 1 aliphatic rings. The van der Waals surface area contributed by atoms with Crippen LogP contribution in [-0.4, -0.2) is 31.1 Å². The lowest BCUT2D eigenvalue weighted by Gasteiger charge is -2.21. The smallest absolute Gasteiger partial charge is 0.416 e. The molecule has 7 nitrogen and oxygen atoms in total. The normalized spacial score (nSPS) is 17.1. The van der Waals surface area contributed by atoms with Gasteiger partial charge in [0.05, 0.1) is 21.7 Å². The van der Waals surface area contributed by atoms with Crippen LogP contribution < -0.4 is 5.32 Å². The number of hydrogen-bond acceptors (Lipinski definition) is 7. The molecule has 3 N–H and O–H groups in total. The number of anilines is 2. The van der Waals surface area contributed by atoms with Crippen LogP contribution >= 0.6 is 11.3 Å². The number of aryl methyl sites for hydroxylation is 1. The van der Waals surface area contributed by atoms with Gasteiger partial charge in [-0.3, -0.25) is 0 Å². The summed E-state index contributed by atoms with van der Waals surface area (Å²) < 4.78 is 39.1. The quantitative estimate of drug-likeness (QED) is 0.322. The van der Waals surface area contributed by atoms with Gasteiger partial charge in [-0.15, -0.1) is 11.3 Å². The Morgan fingerprint density at radius 3 is 2.69 bits per heavy atom. The van der Waals surface area contributed by atoms with Crippen LogP contribution in [-0.2, 0) is 18.2 Å². The maximum absolute atomic E-state index is 13.0. The molecule has 184 valence electrons. The van der Waals surface area contributed by atoms with Crippen molar-refractivity contribution in [2.75, 3.05) is 5.32 Å². The summed E-state index contributed by atoms with van der Waals surface area (Å²) in [5, 5.41) is 24.2. The number of carboxylic acid groups (broad SMARTS) is 1. The molecule has 1 aliphatic carbocycles. The second kappa shape index (κ2) is 8.68. The summed E-state index contributed by atoms with van der Waals surface area (Å²) in [6.07, 6.45) is -1.13. The first-order chi connectivity index (χ1) is 17.0. The summed E-state index contributed by atoms with van der Waals surface area (Å²) in [4.78, 5) is 25.1. The molecule has 4 aromatic rings. The lowest BCUT2D eigenvalue weighted by Crippen LogP contribution is -2.23. The van der Waals surface area contributed by atoms with Gasteiger partial charge in [0, 0.05) is 12.4 Å². The SMILES string of the molecule is Cc1cc(Nc2cc(C(F)(F)F)ccn2)nc(-c2cnc([C@@]3(O)CCc4c(C(=O)O)cccc43)s2)c1. The molecule has 0 spiro atoms. The maximum atomic E-state index is 13.0. The zero-order valence-electron chi connectivity index (χ0n) is 18.8. The highest BCUT2D eigenvalue weighted by Crippen LogP contribution is 2.45. The lowest BCUT2D eigenvalue weighted by atomic mass is 9.95. The van der Waals surface area contributed by atoms with Crippen molar-refractivity contribution < 1.29 is 28.2 Å². The third-order valence-corrected chi connectivity index (χ3v) is 7.18. The van der Waals surface area contributed by atoms with E-state index in [1.54, 1.807) is 30.5 Å².